The maximum Gasteiger partial charge on any atom is 0.390 e. The van der Waals surface area contributed by atoms with E-state index in [1.807, 2.05) is 49.3 Å². The summed E-state index contributed by atoms with van der Waals surface area (Å²) < 4.78 is 36.7. The average molecular weight is 481 g/mol. The molecule has 5 nitrogen and oxygen atoms in total. The van der Waals surface area contributed by atoms with Gasteiger partial charge in [0, 0.05) is 39.6 Å². The molecule has 2 aromatic rings. The SMILES string of the molecule is CN=C(NCCC(F)(F)F)NCc1cc(N(C)C)nc2ccccc12.I. The zero-order chi connectivity index (χ0) is 18.4. The van der Waals surface area contributed by atoms with E-state index < -0.39 is 12.6 Å². The number of nitrogens with one attached hydrogen (secondary N) is 2. The fraction of sp³-hybridized carbons (Fsp3) is 0.412. The van der Waals surface area contributed by atoms with Gasteiger partial charge in [0.05, 0.1) is 11.9 Å². The first kappa shape index (κ1) is 22.3. The van der Waals surface area contributed by atoms with E-state index in [0.29, 0.717) is 12.5 Å². The van der Waals surface area contributed by atoms with Gasteiger partial charge in [0.15, 0.2) is 5.96 Å². The minimum absolute atomic E-state index is 0. The molecule has 0 radical (unpaired) electrons. The summed E-state index contributed by atoms with van der Waals surface area (Å²) in [5.41, 5.74) is 1.86. The second kappa shape index (κ2) is 9.79. The Morgan fingerprint density at radius 2 is 1.88 bits per heavy atom. The summed E-state index contributed by atoms with van der Waals surface area (Å²) in [5, 5.41) is 6.72. The summed E-state index contributed by atoms with van der Waals surface area (Å²) in [6, 6.07) is 9.71. The molecule has 0 saturated carbocycles. The van der Waals surface area contributed by atoms with Crippen molar-refractivity contribution in [2.24, 2.45) is 4.99 Å². The lowest BCUT2D eigenvalue weighted by Gasteiger charge is -2.17. The maximum atomic E-state index is 12.2. The van der Waals surface area contributed by atoms with Crippen LogP contribution >= 0.6 is 24.0 Å². The Hall–Kier alpha value is -1.78. The minimum atomic E-state index is -4.19. The Kier molecular flexibility index (Phi) is 8.38. The van der Waals surface area contributed by atoms with Crippen molar-refractivity contribution < 1.29 is 13.2 Å². The first-order chi connectivity index (χ1) is 11.8. The molecule has 144 valence electrons. The van der Waals surface area contributed by atoms with Crippen molar-refractivity contribution in [1.82, 2.24) is 15.6 Å². The zero-order valence-electron chi connectivity index (χ0n) is 14.9. The molecule has 0 bridgehead atoms. The number of fused-ring (bicyclic) bond motifs is 1. The van der Waals surface area contributed by atoms with E-state index in [9.17, 15) is 13.2 Å². The fourth-order valence-electron chi connectivity index (χ4n) is 2.33. The van der Waals surface area contributed by atoms with E-state index in [1.165, 1.54) is 7.05 Å². The van der Waals surface area contributed by atoms with Gasteiger partial charge in [0.2, 0.25) is 0 Å². The van der Waals surface area contributed by atoms with E-state index in [0.717, 1.165) is 22.3 Å². The van der Waals surface area contributed by atoms with Gasteiger partial charge in [-0.3, -0.25) is 4.99 Å². The van der Waals surface area contributed by atoms with Gasteiger partial charge in [-0.15, -0.1) is 24.0 Å². The third kappa shape index (κ3) is 6.50. The van der Waals surface area contributed by atoms with Gasteiger partial charge in [-0.05, 0) is 17.7 Å². The van der Waals surface area contributed by atoms with Crippen LogP contribution in [0, 0.1) is 0 Å². The molecule has 0 aliphatic heterocycles. The maximum absolute atomic E-state index is 12.2. The molecule has 0 saturated heterocycles. The van der Waals surface area contributed by atoms with Crippen LogP contribution in [-0.4, -0.2) is 44.8 Å². The van der Waals surface area contributed by atoms with Crippen molar-refractivity contribution in [3.63, 3.8) is 0 Å². The van der Waals surface area contributed by atoms with E-state index in [1.54, 1.807) is 0 Å². The van der Waals surface area contributed by atoms with Crippen molar-refractivity contribution in [2.75, 3.05) is 32.6 Å². The molecule has 0 aliphatic rings. The number of anilines is 1. The number of nitrogens with zero attached hydrogens (tertiary/aromatic N) is 3. The van der Waals surface area contributed by atoms with E-state index in [4.69, 9.17) is 0 Å². The first-order valence-electron chi connectivity index (χ1n) is 7.87. The summed E-state index contributed by atoms with van der Waals surface area (Å²) in [7, 11) is 5.34. The van der Waals surface area contributed by atoms with Gasteiger partial charge in [0.25, 0.3) is 0 Å². The summed E-state index contributed by atoms with van der Waals surface area (Å²) in [5.74, 6) is 1.15. The van der Waals surface area contributed by atoms with Crippen LogP contribution in [0.15, 0.2) is 35.3 Å². The molecule has 0 atom stereocenters. The van der Waals surface area contributed by atoms with Crippen LogP contribution < -0.4 is 15.5 Å². The molecule has 26 heavy (non-hydrogen) atoms. The average Bonchev–Trinajstić information content (AvgIpc) is 2.56. The van der Waals surface area contributed by atoms with Crippen LogP contribution in [0.25, 0.3) is 10.9 Å². The highest BCUT2D eigenvalue weighted by atomic mass is 127. The predicted molar refractivity (Wildman–Crippen MR) is 110 cm³/mol. The molecule has 0 spiro atoms. The van der Waals surface area contributed by atoms with Gasteiger partial charge in [-0.1, -0.05) is 18.2 Å². The fourth-order valence-corrected chi connectivity index (χ4v) is 2.33. The Labute approximate surface area is 168 Å². The Balaban J connectivity index is 0.00000338. The molecule has 2 rings (SSSR count). The number of hydrogen-bond donors (Lipinski definition) is 2. The third-order valence-electron chi connectivity index (χ3n) is 3.62. The number of alkyl halides is 3. The number of halogens is 4. The summed E-state index contributed by atoms with van der Waals surface area (Å²) in [6.45, 7) is 0.207. The largest absolute Gasteiger partial charge is 0.390 e. The van der Waals surface area contributed by atoms with Crippen molar-refractivity contribution in [3.8, 4) is 0 Å². The molecular formula is C17H23F3IN5. The first-order valence-corrected chi connectivity index (χ1v) is 7.87. The number of hydrogen-bond acceptors (Lipinski definition) is 3. The topological polar surface area (TPSA) is 52.6 Å². The minimum Gasteiger partial charge on any atom is -0.363 e. The molecule has 1 heterocycles. The third-order valence-corrected chi connectivity index (χ3v) is 3.62. The monoisotopic (exact) mass is 481 g/mol. The van der Waals surface area contributed by atoms with Crippen molar-refractivity contribution in [2.45, 2.75) is 19.1 Å². The van der Waals surface area contributed by atoms with Gasteiger partial charge in [-0.2, -0.15) is 13.2 Å². The van der Waals surface area contributed by atoms with E-state index >= 15 is 0 Å². The molecule has 1 aromatic carbocycles. The summed E-state index contributed by atoms with van der Waals surface area (Å²) in [6.07, 6.45) is -5.09. The highest BCUT2D eigenvalue weighted by Gasteiger charge is 2.26. The van der Waals surface area contributed by atoms with Gasteiger partial charge >= 0.3 is 6.18 Å². The van der Waals surface area contributed by atoms with E-state index in [2.05, 4.69) is 20.6 Å². The molecular weight excluding hydrogens is 458 g/mol. The number of pyridine rings is 1. The second-order valence-corrected chi connectivity index (χ2v) is 5.77. The quantitative estimate of drug-likeness (QED) is 0.390. The van der Waals surface area contributed by atoms with Crippen molar-refractivity contribution >= 4 is 46.7 Å². The zero-order valence-corrected chi connectivity index (χ0v) is 17.2. The molecule has 0 amide bonds. The predicted octanol–water partition coefficient (Wildman–Crippen LogP) is 3.54. The van der Waals surface area contributed by atoms with Crippen LogP contribution in [0.1, 0.15) is 12.0 Å². The molecule has 0 fully saturated rings. The lowest BCUT2D eigenvalue weighted by molar-refractivity contribution is -0.132. The van der Waals surface area contributed by atoms with Gasteiger partial charge < -0.3 is 15.5 Å². The smallest absolute Gasteiger partial charge is 0.363 e. The number of guanidine groups is 1. The summed E-state index contributed by atoms with van der Waals surface area (Å²) in [4.78, 5) is 10.5. The van der Waals surface area contributed by atoms with Crippen LogP contribution in [0.5, 0.6) is 0 Å². The van der Waals surface area contributed by atoms with Crippen LogP contribution in [0.4, 0.5) is 19.0 Å². The molecule has 2 N–H and O–H groups in total. The van der Waals surface area contributed by atoms with Crippen molar-refractivity contribution in [3.05, 3.63) is 35.9 Å². The van der Waals surface area contributed by atoms with Gasteiger partial charge in [-0.25, -0.2) is 4.98 Å². The van der Waals surface area contributed by atoms with Crippen molar-refractivity contribution in [1.29, 1.82) is 0 Å². The molecule has 0 aliphatic carbocycles. The molecule has 9 heteroatoms. The van der Waals surface area contributed by atoms with Crippen LogP contribution in [0.3, 0.4) is 0 Å². The number of rotatable bonds is 5. The van der Waals surface area contributed by atoms with Crippen LogP contribution in [0.2, 0.25) is 0 Å². The van der Waals surface area contributed by atoms with Crippen LogP contribution in [-0.2, 0) is 6.54 Å². The number of benzene rings is 1. The Morgan fingerprint density at radius 1 is 1.19 bits per heavy atom. The second-order valence-electron chi connectivity index (χ2n) is 5.77. The lowest BCUT2D eigenvalue weighted by atomic mass is 10.1. The Morgan fingerprint density at radius 3 is 2.50 bits per heavy atom. The standard InChI is InChI=1S/C17H22F3N5.HI/c1-21-16(22-9-8-17(18,19)20)23-11-12-10-15(25(2)3)24-14-7-5-4-6-13(12)14;/h4-7,10H,8-9,11H2,1-3H3,(H2,21,22,23);1H. The molecule has 1 aromatic heterocycles. The molecule has 0 unspecified atom stereocenters. The van der Waals surface area contributed by atoms with Gasteiger partial charge in [0.1, 0.15) is 5.82 Å². The lowest BCUT2D eigenvalue weighted by Crippen LogP contribution is -2.38. The number of aliphatic imine (C=N–C) groups is 1. The van der Waals surface area contributed by atoms with E-state index in [-0.39, 0.29) is 30.5 Å². The highest BCUT2D eigenvalue weighted by molar-refractivity contribution is 14.0. The number of para-hydroxylation sites is 1. The normalized spacial score (nSPS) is 11.8. The Bertz CT molecular complexity index is 747. The highest BCUT2D eigenvalue weighted by Crippen LogP contribution is 2.22. The summed E-state index contributed by atoms with van der Waals surface area (Å²) >= 11 is 0. The number of aromatic nitrogens is 1.